The smallest absolute Gasteiger partial charge is 0.356 e. The maximum absolute atomic E-state index is 13.9. The third kappa shape index (κ3) is 7.66. The predicted molar refractivity (Wildman–Crippen MR) is 214 cm³/mol. The highest BCUT2D eigenvalue weighted by Gasteiger charge is 2.54. The highest BCUT2D eigenvalue weighted by atomic mass is 127. The maximum atomic E-state index is 13.9. The maximum Gasteiger partial charge on any atom is 0.356 e. The van der Waals surface area contributed by atoms with E-state index in [0.29, 0.717) is 15.8 Å². The van der Waals surface area contributed by atoms with Crippen LogP contribution in [0.1, 0.15) is 43.2 Å². The Balaban J connectivity index is 1.28. The van der Waals surface area contributed by atoms with Crippen LogP contribution in [0.25, 0.3) is 0 Å². The molecule has 2 N–H and O–H groups in total. The number of halogens is 1. The monoisotopic (exact) mass is 847 g/mol. The molecule has 2 atom stereocenters. The zero-order chi connectivity index (χ0) is 36.9. The van der Waals surface area contributed by atoms with E-state index in [-0.39, 0.29) is 17.1 Å². The lowest BCUT2D eigenvalue weighted by Gasteiger charge is -2.50. The summed E-state index contributed by atoms with van der Waals surface area (Å²) in [6.45, 7) is 5.34. The quantitative estimate of drug-likeness (QED) is 0.0301. The average Bonchev–Trinajstić information content (AvgIpc) is 3.61. The zero-order valence-electron chi connectivity index (χ0n) is 29.0. The van der Waals surface area contributed by atoms with E-state index in [0.717, 1.165) is 21.1 Å². The molecule has 10 nitrogen and oxygen atoms in total. The van der Waals surface area contributed by atoms with Crippen molar-refractivity contribution >= 4 is 74.3 Å². The minimum absolute atomic E-state index is 0.0835. The lowest BCUT2D eigenvalue weighted by molar-refractivity contribution is -0.160. The van der Waals surface area contributed by atoms with Crippen LogP contribution in [-0.4, -0.2) is 68.4 Å². The third-order valence-electron chi connectivity index (χ3n) is 8.40. The van der Waals surface area contributed by atoms with Crippen molar-refractivity contribution in [2.45, 2.75) is 44.0 Å². The molecule has 0 bridgehead atoms. The van der Waals surface area contributed by atoms with Gasteiger partial charge in [0, 0.05) is 20.5 Å². The van der Waals surface area contributed by atoms with Gasteiger partial charge in [-0.3, -0.25) is 14.5 Å². The summed E-state index contributed by atoms with van der Waals surface area (Å²) < 4.78 is 6.42. The summed E-state index contributed by atoms with van der Waals surface area (Å²) in [7, 11) is 1.35. The molecule has 6 rings (SSSR count). The van der Waals surface area contributed by atoms with E-state index in [1.54, 1.807) is 26.2 Å². The van der Waals surface area contributed by atoms with Crippen molar-refractivity contribution in [3.8, 4) is 0 Å². The van der Waals surface area contributed by atoms with Gasteiger partial charge in [0.1, 0.15) is 35.7 Å². The molecule has 4 aromatic rings. The van der Waals surface area contributed by atoms with Crippen molar-refractivity contribution in [1.29, 1.82) is 0 Å². The number of esters is 1. The number of hydrogen-bond acceptors (Lipinski definition) is 10. The average molecular weight is 848 g/mol. The Labute approximate surface area is 324 Å². The molecule has 0 saturated carbocycles. The Morgan fingerprint density at radius 3 is 2.08 bits per heavy atom. The fourth-order valence-electron chi connectivity index (χ4n) is 6.20. The number of carbonyl (C=O) groups excluding carboxylic acids is 3. The van der Waals surface area contributed by atoms with Gasteiger partial charge in [0.2, 0.25) is 0 Å². The molecule has 2 aliphatic rings. The Hall–Kier alpha value is -4.47. The van der Waals surface area contributed by atoms with E-state index < -0.39 is 41.0 Å². The van der Waals surface area contributed by atoms with Gasteiger partial charge < -0.3 is 20.2 Å². The number of oxime groups is 1. The van der Waals surface area contributed by atoms with Gasteiger partial charge in [-0.1, -0.05) is 125 Å². The highest BCUT2D eigenvalue weighted by molar-refractivity contribution is 14.1. The predicted octanol–water partition coefficient (Wildman–Crippen LogP) is 6.88. The number of alkyl halides is 1. The van der Waals surface area contributed by atoms with Gasteiger partial charge in [-0.25, -0.2) is 9.78 Å². The third-order valence-corrected chi connectivity index (χ3v) is 10.8. The Kier molecular flexibility index (Phi) is 11.5. The summed E-state index contributed by atoms with van der Waals surface area (Å²) in [6.07, 6.45) is 3.76. The van der Waals surface area contributed by atoms with E-state index in [2.05, 4.69) is 74.8 Å². The normalized spacial score (nSPS) is 17.8. The number of allylic oxidation sites excluding steroid dienone is 2. The van der Waals surface area contributed by atoms with E-state index >= 15 is 0 Å². The number of thiazole rings is 1. The van der Waals surface area contributed by atoms with Crippen molar-refractivity contribution in [2.75, 3.05) is 22.6 Å². The van der Waals surface area contributed by atoms with Crippen molar-refractivity contribution in [2.24, 2.45) is 5.16 Å². The van der Waals surface area contributed by atoms with E-state index in [4.69, 9.17) is 14.6 Å². The molecule has 1 saturated heterocycles. The molecule has 1 fully saturated rings. The fourth-order valence-corrected chi connectivity index (χ4v) is 8.41. The van der Waals surface area contributed by atoms with Crippen LogP contribution in [0.3, 0.4) is 0 Å². The minimum atomic E-state index is -0.882. The molecule has 0 radical (unpaired) electrons. The summed E-state index contributed by atoms with van der Waals surface area (Å²) >= 11 is 4.99. The Morgan fingerprint density at radius 1 is 0.981 bits per heavy atom. The molecule has 268 valence electrons. The highest BCUT2D eigenvalue weighted by Crippen LogP contribution is 2.42. The van der Waals surface area contributed by atoms with Gasteiger partial charge >= 0.3 is 5.97 Å². The second-order valence-electron chi connectivity index (χ2n) is 12.9. The van der Waals surface area contributed by atoms with Crippen LogP contribution in [0, 0.1) is 0 Å². The van der Waals surface area contributed by atoms with Crippen LogP contribution in [0.4, 0.5) is 5.13 Å². The van der Waals surface area contributed by atoms with Crippen molar-refractivity contribution in [1.82, 2.24) is 15.2 Å². The number of hydrogen-bond donors (Lipinski definition) is 2. The van der Waals surface area contributed by atoms with Crippen LogP contribution in [0.5, 0.6) is 0 Å². The number of rotatable bonds is 12. The first-order valence-electron chi connectivity index (χ1n) is 16.6. The van der Waals surface area contributed by atoms with E-state index in [9.17, 15) is 14.4 Å². The summed E-state index contributed by atoms with van der Waals surface area (Å²) in [5.74, 6) is -1.14. The van der Waals surface area contributed by atoms with Gasteiger partial charge in [-0.2, -0.15) is 0 Å². The molecule has 0 aliphatic carbocycles. The number of carbonyl (C=O) groups is 3. The molecule has 2 amide bonds. The molecule has 3 heterocycles. The summed E-state index contributed by atoms with van der Waals surface area (Å²) in [6, 6.07) is 29.0. The van der Waals surface area contributed by atoms with Crippen LogP contribution in [0.15, 0.2) is 124 Å². The first-order chi connectivity index (χ1) is 25.1. The molecule has 3 aromatic carbocycles. The SMILES string of the molecule is CO/N=C(\C(=O)NC1C(=O)N2C(C(=O)OC(C)(C)C)=C(/C=C/CI)SCC12)c1csc(NC(c2ccccc2)(c2ccccc2)c2ccccc2)n1. The summed E-state index contributed by atoms with van der Waals surface area (Å²) in [5.41, 5.74) is 1.79. The molecule has 2 aliphatic heterocycles. The number of nitrogens with zero attached hydrogens (tertiary/aromatic N) is 3. The number of thioether (sulfide) groups is 1. The Bertz CT molecular complexity index is 1920. The molecule has 52 heavy (non-hydrogen) atoms. The topological polar surface area (TPSA) is 122 Å². The van der Waals surface area contributed by atoms with Gasteiger partial charge in [0.05, 0.1) is 6.04 Å². The number of fused-ring (bicyclic) bond motifs is 1. The van der Waals surface area contributed by atoms with Crippen LogP contribution < -0.4 is 10.6 Å². The molecule has 13 heteroatoms. The van der Waals surface area contributed by atoms with Crippen LogP contribution >= 0.6 is 45.7 Å². The molecule has 0 spiro atoms. The van der Waals surface area contributed by atoms with Crippen molar-refractivity contribution in [3.63, 3.8) is 0 Å². The fraction of sp³-hybridized carbons (Fsp3) is 0.256. The van der Waals surface area contributed by atoms with Gasteiger partial charge in [-0.15, -0.1) is 23.1 Å². The first kappa shape index (κ1) is 37.3. The number of anilines is 1. The number of benzene rings is 3. The van der Waals surface area contributed by atoms with Crippen molar-refractivity contribution < 1.29 is 24.0 Å². The summed E-state index contributed by atoms with van der Waals surface area (Å²) in [4.78, 5) is 52.9. The molecular formula is C39H38IN5O5S2. The standard InChI is InChI=1S/C39H38IN5O5S2/c1-38(2,3)50-36(48)33-30(21-14-22-40)51-24-29-32(35(47)45(29)33)42-34(46)31(44-49-4)28-23-52-37(41-28)43-39(25-15-8-5-9-16-25,26-17-10-6-11-18-26)27-19-12-7-13-20-27/h5-21,23,29,32H,22,24H2,1-4H3,(H,41,43)(H,42,46)/b21-14+,44-31-. The second-order valence-corrected chi connectivity index (χ2v) is 15.7. The molecule has 1 aromatic heterocycles. The number of amides is 2. The summed E-state index contributed by atoms with van der Waals surface area (Å²) in [5, 5.41) is 12.9. The number of aromatic nitrogens is 1. The van der Waals surface area contributed by atoms with Crippen LogP contribution in [0.2, 0.25) is 0 Å². The molecule has 2 unspecified atom stereocenters. The largest absolute Gasteiger partial charge is 0.455 e. The lowest BCUT2D eigenvalue weighted by atomic mass is 9.77. The number of nitrogens with one attached hydrogen (secondary N) is 2. The minimum Gasteiger partial charge on any atom is -0.455 e. The van der Waals surface area contributed by atoms with E-state index in [1.807, 2.05) is 66.7 Å². The first-order valence-corrected chi connectivity index (χ1v) is 19.9. The second kappa shape index (κ2) is 16.0. The van der Waals surface area contributed by atoms with Crippen LogP contribution in [-0.2, 0) is 29.5 Å². The zero-order valence-corrected chi connectivity index (χ0v) is 32.8. The Morgan fingerprint density at radius 2 is 1.56 bits per heavy atom. The lowest BCUT2D eigenvalue weighted by Crippen LogP contribution is -2.73. The van der Waals surface area contributed by atoms with Gasteiger partial charge in [0.25, 0.3) is 11.8 Å². The van der Waals surface area contributed by atoms with Gasteiger partial charge in [0.15, 0.2) is 10.8 Å². The van der Waals surface area contributed by atoms with E-state index in [1.165, 1.54) is 35.1 Å². The number of β-lactam (4-membered cyclic amide) rings is 1. The molecular weight excluding hydrogens is 809 g/mol. The van der Waals surface area contributed by atoms with Crippen molar-refractivity contribution in [3.05, 3.63) is 142 Å². The number of ether oxygens (including phenoxy) is 1. The van der Waals surface area contributed by atoms with Gasteiger partial charge in [-0.05, 0) is 43.5 Å².